The van der Waals surface area contributed by atoms with Gasteiger partial charge in [-0.3, -0.25) is 4.90 Å². The SMILES string of the molecule is CCC1(CC)CN(Cc2cccc(Cl)c2F)C(C)CCN1. The lowest BCUT2D eigenvalue weighted by molar-refractivity contribution is 0.151. The number of nitrogens with one attached hydrogen (secondary N) is 1. The second kappa shape index (κ2) is 7.08. The van der Waals surface area contributed by atoms with Crippen LogP contribution in [0.2, 0.25) is 5.02 Å². The van der Waals surface area contributed by atoms with E-state index in [9.17, 15) is 4.39 Å². The lowest BCUT2D eigenvalue weighted by Gasteiger charge is -2.37. The molecule has 4 heteroatoms. The summed E-state index contributed by atoms with van der Waals surface area (Å²) in [7, 11) is 0. The van der Waals surface area contributed by atoms with Crippen LogP contribution in [0, 0.1) is 5.82 Å². The van der Waals surface area contributed by atoms with Gasteiger partial charge in [-0.15, -0.1) is 0 Å². The number of benzene rings is 1. The summed E-state index contributed by atoms with van der Waals surface area (Å²) in [4.78, 5) is 2.39. The highest BCUT2D eigenvalue weighted by Gasteiger charge is 2.33. The highest BCUT2D eigenvalue weighted by molar-refractivity contribution is 6.30. The molecule has 118 valence electrons. The molecule has 0 radical (unpaired) electrons. The largest absolute Gasteiger partial charge is 0.310 e. The van der Waals surface area contributed by atoms with E-state index in [1.165, 1.54) is 0 Å². The Morgan fingerprint density at radius 1 is 1.38 bits per heavy atom. The highest BCUT2D eigenvalue weighted by atomic mass is 35.5. The first-order chi connectivity index (χ1) is 10.0. The second-order valence-electron chi connectivity index (χ2n) is 6.17. The molecule has 21 heavy (non-hydrogen) atoms. The summed E-state index contributed by atoms with van der Waals surface area (Å²) in [5.74, 6) is -0.276. The molecule has 1 N–H and O–H groups in total. The van der Waals surface area contributed by atoms with E-state index in [1.807, 2.05) is 12.1 Å². The Morgan fingerprint density at radius 2 is 2.10 bits per heavy atom. The minimum atomic E-state index is -0.276. The lowest BCUT2D eigenvalue weighted by atomic mass is 9.92. The molecule has 1 aliphatic rings. The number of halogens is 2. The Labute approximate surface area is 132 Å². The molecular weight excluding hydrogens is 287 g/mol. The van der Waals surface area contributed by atoms with Gasteiger partial charge in [-0.2, -0.15) is 0 Å². The zero-order valence-corrected chi connectivity index (χ0v) is 14.0. The van der Waals surface area contributed by atoms with Gasteiger partial charge in [0, 0.05) is 30.2 Å². The van der Waals surface area contributed by atoms with Gasteiger partial charge in [-0.05, 0) is 38.8 Å². The van der Waals surface area contributed by atoms with Crippen molar-refractivity contribution >= 4 is 11.6 Å². The van der Waals surface area contributed by atoms with Crippen LogP contribution in [0.15, 0.2) is 18.2 Å². The van der Waals surface area contributed by atoms with Gasteiger partial charge in [0.25, 0.3) is 0 Å². The Morgan fingerprint density at radius 3 is 2.76 bits per heavy atom. The summed E-state index contributed by atoms with van der Waals surface area (Å²) in [5, 5.41) is 3.92. The Balaban J connectivity index is 2.21. The van der Waals surface area contributed by atoms with Crippen LogP contribution in [0.3, 0.4) is 0 Å². The number of nitrogens with zero attached hydrogens (tertiary/aromatic N) is 1. The van der Waals surface area contributed by atoms with E-state index in [1.54, 1.807) is 6.07 Å². The zero-order chi connectivity index (χ0) is 15.5. The standard InChI is InChI=1S/C17H26ClFN2/c1-4-17(5-2)12-21(13(3)9-10-20-17)11-14-7-6-8-15(18)16(14)19/h6-8,13,20H,4-5,9-12H2,1-3H3. The van der Waals surface area contributed by atoms with Crippen molar-refractivity contribution in [2.45, 2.75) is 58.2 Å². The first-order valence-corrected chi connectivity index (χ1v) is 8.31. The second-order valence-corrected chi connectivity index (χ2v) is 6.58. The van der Waals surface area contributed by atoms with Gasteiger partial charge in [0.15, 0.2) is 0 Å². The molecule has 0 bridgehead atoms. The van der Waals surface area contributed by atoms with Crippen molar-refractivity contribution in [1.82, 2.24) is 10.2 Å². The van der Waals surface area contributed by atoms with Gasteiger partial charge in [0.05, 0.1) is 5.02 Å². The van der Waals surface area contributed by atoms with Gasteiger partial charge < -0.3 is 5.32 Å². The highest BCUT2D eigenvalue weighted by Crippen LogP contribution is 2.26. The minimum Gasteiger partial charge on any atom is -0.310 e. The third-order valence-corrected chi connectivity index (χ3v) is 5.24. The van der Waals surface area contributed by atoms with Crippen molar-refractivity contribution in [2.24, 2.45) is 0 Å². The molecule has 1 atom stereocenters. The van der Waals surface area contributed by atoms with E-state index >= 15 is 0 Å². The van der Waals surface area contributed by atoms with Crippen LogP contribution in [-0.4, -0.2) is 29.6 Å². The van der Waals surface area contributed by atoms with Crippen LogP contribution < -0.4 is 5.32 Å². The van der Waals surface area contributed by atoms with Crippen LogP contribution >= 0.6 is 11.6 Å². The van der Waals surface area contributed by atoms with Gasteiger partial charge in [0.2, 0.25) is 0 Å². The number of rotatable bonds is 4. The maximum absolute atomic E-state index is 14.2. The van der Waals surface area contributed by atoms with Crippen molar-refractivity contribution in [3.63, 3.8) is 0 Å². The molecular formula is C17H26ClFN2. The van der Waals surface area contributed by atoms with E-state index in [2.05, 4.69) is 31.0 Å². The predicted octanol–water partition coefficient (Wildman–Crippen LogP) is 4.22. The summed E-state index contributed by atoms with van der Waals surface area (Å²) in [5.41, 5.74) is 0.831. The summed E-state index contributed by atoms with van der Waals surface area (Å²) in [6, 6.07) is 5.71. The smallest absolute Gasteiger partial charge is 0.146 e. The van der Waals surface area contributed by atoms with E-state index < -0.39 is 0 Å². The first kappa shape index (κ1) is 16.7. The molecule has 2 nitrogen and oxygen atoms in total. The van der Waals surface area contributed by atoms with Gasteiger partial charge in [-0.1, -0.05) is 37.6 Å². The molecule has 0 aliphatic carbocycles. The molecule has 1 unspecified atom stereocenters. The van der Waals surface area contributed by atoms with Gasteiger partial charge in [-0.25, -0.2) is 4.39 Å². The molecule has 1 heterocycles. The van der Waals surface area contributed by atoms with Crippen LogP contribution in [0.25, 0.3) is 0 Å². The number of hydrogen-bond acceptors (Lipinski definition) is 2. The average Bonchev–Trinajstić information content (AvgIpc) is 2.64. The molecule has 1 fully saturated rings. The topological polar surface area (TPSA) is 15.3 Å². The monoisotopic (exact) mass is 312 g/mol. The van der Waals surface area contributed by atoms with Crippen molar-refractivity contribution in [1.29, 1.82) is 0 Å². The maximum atomic E-state index is 14.2. The van der Waals surface area contributed by atoms with E-state index in [-0.39, 0.29) is 16.4 Å². The maximum Gasteiger partial charge on any atom is 0.146 e. The third kappa shape index (κ3) is 3.77. The van der Waals surface area contributed by atoms with Crippen LogP contribution in [0.4, 0.5) is 4.39 Å². The molecule has 1 aliphatic heterocycles. The van der Waals surface area contributed by atoms with Crippen molar-refractivity contribution in [2.75, 3.05) is 13.1 Å². The van der Waals surface area contributed by atoms with Crippen LogP contribution in [-0.2, 0) is 6.54 Å². The average molecular weight is 313 g/mol. The van der Waals surface area contributed by atoms with Crippen LogP contribution in [0.1, 0.15) is 45.6 Å². The first-order valence-electron chi connectivity index (χ1n) is 7.93. The molecule has 2 rings (SSSR count). The summed E-state index contributed by atoms with van der Waals surface area (Å²) in [6.07, 6.45) is 3.26. The Kier molecular flexibility index (Phi) is 5.64. The van der Waals surface area contributed by atoms with Gasteiger partial charge >= 0.3 is 0 Å². The zero-order valence-electron chi connectivity index (χ0n) is 13.3. The fourth-order valence-corrected chi connectivity index (χ4v) is 3.35. The Bertz CT molecular complexity index is 474. The van der Waals surface area contributed by atoms with Gasteiger partial charge in [0.1, 0.15) is 5.82 Å². The molecule has 1 aromatic carbocycles. The number of hydrogen-bond donors (Lipinski definition) is 1. The van der Waals surface area contributed by atoms with E-state index in [4.69, 9.17) is 11.6 Å². The molecule has 1 aromatic rings. The Hall–Kier alpha value is -0.640. The van der Waals surface area contributed by atoms with E-state index in [0.29, 0.717) is 18.2 Å². The van der Waals surface area contributed by atoms with Crippen LogP contribution in [0.5, 0.6) is 0 Å². The predicted molar refractivity (Wildman–Crippen MR) is 87.2 cm³/mol. The molecule has 1 saturated heterocycles. The normalized spacial score (nSPS) is 23.0. The third-order valence-electron chi connectivity index (χ3n) is 4.95. The fourth-order valence-electron chi connectivity index (χ4n) is 3.15. The summed E-state index contributed by atoms with van der Waals surface area (Å²) in [6.45, 7) is 9.28. The lowest BCUT2D eigenvalue weighted by Crippen LogP contribution is -2.51. The molecule has 0 aromatic heterocycles. The fraction of sp³-hybridized carbons (Fsp3) is 0.647. The van der Waals surface area contributed by atoms with E-state index in [0.717, 1.165) is 32.4 Å². The molecule has 0 saturated carbocycles. The minimum absolute atomic E-state index is 0.139. The molecule has 0 amide bonds. The van der Waals surface area contributed by atoms with Crippen molar-refractivity contribution < 1.29 is 4.39 Å². The summed E-state index contributed by atoms with van der Waals surface area (Å²) >= 11 is 5.90. The quantitative estimate of drug-likeness (QED) is 0.895. The summed E-state index contributed by atoms with van der Waals surface area (Å²) < 4.78 is 14.2. The molecule has 0 spiro atoms. The van der Waals surface area contributed by atoms with Crippen molar-refractivity contribution in [3.8, 4) is 0 Å². The van der Waals surface area contributed by atoms with Crippen molar-refractivity contribution in [3.05, 3.63) is 34.6 Å².